The summed E-state index contributed by atoms with van der Waals surface area (Å²) < 4.78 is 5.27. The van der Waals surface area contributed by atoms with E-state index in [1.165, 1.54) is 15.4 Å². The Kier molecular flexibility index (Phi) is 5.92. The van der Waals surface area contributed by atoms with E-state index in [9.17, 15) is 9.59 Å². The molecule has 154 valence electrons. The number of aryl methyl sites for hydroxylation is 1. The van der Waals surface area contributed by atoms with Crippen molar-refractivity contribution in [3.05, 3.63) is 35.9 Å². The van der Waals surface area contributed by atoms with Crippen LogP contribution < -0.4 is 20.4 Å². The summed E-state index contributed by atoms with van der Waals surface area (Å²) in [6.07, 6.45) is 2.23. The van der Waals surface area contributed by atoms with Crippen molar-refractivity contribution in [1.82, 2.24) is 10.5 Å². The molecule has 1 aromatic carbocycles. The van der Waals surface area contributed by atoms with Gasteiger partial charge in [-0.25, -0.2) is 0 Å². The van der Waals surface area contributed by atoms with Gasteiger partial charge in [-0.1, -0.05) is 35.0 Å². The van der Waals surface area contributed by atoms with E-state index < -0.39 is 0 Å². The van der Waals surface area contributed by atoms with E-state index >= 15 is 0 Å². The summed E-state index contributed by atoms with van der Waals surface area (Å²) in [5.74, 6) is 0.436. The van der Waals surface area contributed by atoms with Crippen LogP contribution in [0.4, 0.5) is 5.88 Å². The fraction of sp³-hybridized carbons (Fsp3) is 0.476. The fourth-order valence-corrected chi connectivity index (χ4v) is 3.65. The molecule has 8 heteroatoms. The zero-order valence-corrected chi connectivity index (χ0v) is 16.8. The maximum Gasteiger partial charge on any atom is 0.281 e. The fourth-order valence-electron chi connectivity index (χ4n) is 3.65. The average molecular weight is 399 g/mol. The quantitative estimate of drug-likeness (QED) is 0.463. The molecule has 1 aromatic heterocycles. The van der Waals surface area contributed by atoms with Crippen LogP contribution in [0.25, 0.3) is 11.3 Å². The minimum atomic E-state index is -0.0819. The SMILES string of the molecule is Cc1ccc(-c2cc(NC(=O)C[NH+]3CC[NH+](CC(=O)NC4CC4)CC3)on2)cc1. The second-order valence-corrected chi connectivity index (χ2v) is 8.19. The Hall–Kier alpha value is -2.71. The number of nitrogens with zero attached hydrogens (tertiary/aromatic N) is 1. The first kappa shape index (κ1) is 19.6. The summed E-state index contributed by atoms with van der Waals surface area (Å²) in [6.45, 7) is 6.53. The van der Waals surface area contributed by atoms with Crippen molar-refractivity contribution in [2.45, 2.75) is 25.8 Å². The van der Waals surface area contributed by atoms with Crippen molar-refractivity contribution >= 4 is 17.7 Å². The Morgan fingerprint density at radius 3 is 2.28 bits per heavy atom. The molecule has 2 aliphatic rings. The summed E-state index contributed by atoms with van der Waals surface area (Å²) in [5.41, 5.74) is 2.84. The molecule has 1 aliphatic heterocycles. The standard InChI is InChI=1S/C21H27N5O3/c1-15-2-4-16(5-3-15)18-12-21(29-24-18)23-20(28)14-26-10-8-25(9-11-26)13-19(27)22-17-6-7-17/h2-5,12,17H,6-11,13-14H2,1H3,(H,22,27)(H,23,28)/p+2. The van der Waals surface area contributed by atoms with E-state index in [1.54, 1.807) is 6.07 Å². The van der Waals surface area contributed by atoms with Gasteiger partial charge in [0.2, 0.25) is 5.88 Å². The van der Waals surface area contributed by atoms with Crippen LogP contribution in [0.15, 0.2) is 34.9 Å². The molecule has 0 unspecified atom stereocenters. The van der Waals surface area contributed by atoms with E-state index in [1.807, 2.05) is 31.2 Å². The number of rotatable bonds is 7. The van der Waals surface area contributed by atoms with Gasteiger partial charge in [-0.15, -0.1) is 0 Å². The van der Waals surface area contributed by atoms with E-state index in [4.69, 9.17) is 4.52 Å². The minimum absolute atomic E-state index is 0.0819. The molecule has 4 rings (SSSR count). The van der Waals surface area contributed by atoms with Crippen LogP contribution in [0.2, 0.25) is 0 Å². The second-order valence-electron chi connectivity index (χ2n) is 8.19. The normalized spacial score (nSPS) is 21.6. The molecule has 2 amide bonds. The molecule has 0 bridgehead atoms. The van der Waals surface area contributed by atoms with Crippen molar-refractivity contribution in [2.24, 2.45) is 0 Å². The van der Waals surface area contributed by atoms with Gasteiger partial charge in [-0.2, -0.15) is 0 Å². The predicted molar refractivity (Wildman–Crippen MR) is 108 cm³/mol. The lowest BCUT2D eigenvalue weighted by Gasteiger charge is -2.28. The smallest absolute Gasteiger partial charge is 0.281 e. The highest BCUT2D eigenvalue weighted by Gasteiger charge is 2.29. The number of hydrogen-bond acceptors (Lipinski definition) is 4. The first-order valence-corrected chi connectivity index (χ1v) is 10.4. The van der Waals surface area contributed by atoms with Crippen molar-refractivity contribution in [3.63, 3.8) is 0 Å². The predicted octanol–water partition coefficient (Wildman–Crippen LogP) is -1.35. The number of nitrogens with one attached hydrogen (secondary N) is 4. The first-order valence-electron chi connectivity index (χ1n) is 10.4. The molecule has 1 saturated heterocycles. The third kappa shape index (κ3) is 5.65. The van der Waals surface area contributed by atoms with Gasteiger partial charge in [-0.3, -0.25) is 14.9 Å². The third-order valence-corrected chi connectivity index (χ3v) is 5.55. The molecular weight excluding hydrogens is 370 g/mol. The summed E-state index contributed by atoms with van der Waals surface area (Å²) in [7, 11) is 0. The van der Waals surface area contributed by atoms with E-state index in [2.05, 4.69) is 15.8 Å². The van der Waals surface area contributed by atoms with Crippen LogP contribution in [0.5, 0.6) is 0 Å². The molecule has 2 heterocycles. The van der Waals surface area contributed by atoms with Crippen molar-refractivity contribution in [3.8, 4) is 11.3 Å². The van der Waals surface area contributed by atoms with Crippen molar-refractivity contribution in [1.29, 1.82) is 0 Å². The van der Waals surface area contributed by atoms with Crippen LogP contribution >= 0.6 is 0 Å². The molecule has 4 N–H and O–H groups in total. The number of quaternary nitrogens is 2. The molecule has 29 heavy (non-hydrogen) atoms. The van der Waals surface area contributed by atoms with Gasteiger partial charge in [-0.05, 0) is 19.8 Å². The molecule has 8 nitrogen and oxygen atoms in total. The molecule has 1 saturated carbocycles. The summed E-state index contributed by atoms with van der Waals surface area (Å²) >= 11 is 0. The Morgan fingerprint density at radius 2 is 1.66 bits per heavy atom. The molecule has 1 aliphatic carbocycles. The number of carbonyl (C=O) groups is 2. The van der Waals surface area contributed by atoms with Gasteiger partial charge >= 0.3 is 0 Å². The molecular formula is C21H29N5O3+2. The number of amides is 2. The lowest BCUT2D eigenvalue weighted by atomic mass is 10.1. The highest BCUT2D eigenvalue weighted by molar-refractivity contribution is 5.90. The van der Waals surface area contributed by atoms with Crippen LogP contribution in [-0.2, 0) is 9.59 Å². The van der Waals surface area contributed by atoms with Crippen LogP contribution in [0.3, 0.4) is 0 Å². The average Bonchev–Trinajstić information content (AvgIpc) is 3.39. The summed E-state index contributed by atoms with van der Waals surface area (Å²) in [4.78, 5) is 26.8. The highest BCUT2D eigenvalue weighted by Crippen LogP contribution is 2.21. The van der Waals surface area contributed by atoms with Gasteiger partial charge < -0.3 is 19.6 Å². The lowest BCUT2D eigenvalue weighted by molar-refractivity contribution is -1.00. The van der Waals surface area contributed by atoms with Gasteiger partial charge in [0.05, 0.1) is 0 Å². The Balaban J connectivity index is 1.20. The van der Waals surface area contributed by atoms with Gasteiger partial charge in [0, 0.05) is 17.7 Å². The Morgan fingerprint density at radius 1 is 1.03 bits per heavy atom. The number of carbonyl (C=O) groups excluding carboxylic acids is 2. The molecule has 0 spiro atoms. The lowest BCUT2D eigenvalue weighted by Crippen LogP contribution is -3.28. The van der Waals surface area contributed by atoms with E-state index in [-0.39, 0.29) is 11.8 Å². The van der Waals surface area contributed by atoms with Crippen LogP contribution in [0.1, 0.15) is 18.4 Å². The number of aromatic nitrogens is 1. The van der Waals surface area contributed by atoms with Gasteiger partial charge in [0.1, 0.15) is 31.9 Å². The van der Waals surface area contributed by atoms with Crippen molar-refractivity contribution < 1.29 is 23.9 Å². The van der Waals surface area contributed by atoms with E-state index in [0.717, 1.165) is 44.6 Å². The molecule has 0 radical (unpaired) electrons. The molecule has 2 aromatic rings. The number of anilines is 1. The van der Waals surface area contributed by atoms with Gasteiger partial charge in [0.25, 0.3) is 11.8 Å². The second kappa shape index (κ2) is 8.75. The monoisotopic (exact) mass is 399 g/mol. The van der Waals surface area contributed by atoms with Crippen molar-refractivity contribution in [2.75, 3.05) is 44.6 Å². The maximum atomic E-state index is 12.4. The largest absolute Gasteiger partial charge is 0.348 e. The highest BCUT2D eigenvalue weighted by atomic mass is 16.5. The molecule has 0 atom stereocenters. The van der Waals surface area contributed by atoms with Crippen LogP contribution in [0, 0.1) is 6.92 Å². The van der Waals surface area contributed by atoms with Crippen LogP contribution in [-0.4, -0.2) is 62.3 Å². The molecule has 2 fully saturated rings. The topological polar surface area (TPSA) is 93.1 Å². The summed E-state index contributed by atoms with van der Waals surface area (Å²) in [6, 6.07) is 10.2. The minimum Gasteiger partial charge on any atom is -0.348 e. The summed E-state index contributed by atoms with van der Waals surface area (Å²) in [5, 5.41) is 9.88. The zero-order chi connectivity index (χ0) is 20.2. The Bertz CT molecular complexity index is 851. The Labute approximate surface area is 170 Å². The first-order chi connectivity index (χ1) is 14.0. The maximum absolute atomic E-state index is 12.4. The third-order valence-electron chi connectivity index (χ3n) is 5.55. The van der Waals surface area contributed by atoms with Gasteiger partial charge in [0.15, 0.2) is 13.1 Å². The number of piperazine rings is 1. The van der Waals surface area contributed by atoms with E-state index in [0.29, 0.717) is 30.7 Å². The number of benzene rings is 1. The zero-order valence-electron chi connectivity index (χ0n) is 16.8. The number of hydrogen-bond donors (Lipinski definition) is 4.